The number of carbonyl (C=O) groups excluding carboxylic acids is 1. The maximum atomic E-state index is 14.6. The van der Waals surface area contributed by atoms with Gasteiger partial charge in [-0.25, -0.2) is 23.8 Å². The van der Waals surface area contributed by atoms with E-state index >= 15 is 0 Å². The van der Waals surface area contributed by atoms with Crippen LogP contribution in [-0.2, 0) is 9.63 Å². The van der Waals surface area contributed by atoms with Crippen LogP contribution in [0.15, 0.2) is 55.4 Å². The van der Waals surface area contributed by atoms with Gasteiger partial charge in [-0.05, 0) is 32.1 Å². The molecular formula is C30H35F2N7O3. The normalized spacial score (nSPS) is 17.4. The minimum atomic E-state index is -0.916. The first kappa shape index (κ1) is 29.2. The highest BCUT2D eigenvalue weighted by Gasteiger charge is 2.32. The molecule has 0 unspecified atom stereocenters. The molecule has 2 saturated heterocycles. The molecule has 0 saturated carbocycles. The summed E-state index contributed by atoms with van der Waals surface area (Å²) in [6.45, 7) is 11.7. The zero-order valence-electron chi connectivity index (χ0n) is 23.9. The number of piperazine rings is 1. The highest BCUT2D eigenvalue weighted by atomic mass is 19.2. The molecule has 0 radical (unpaired) electrons. The van der Waals surface area contributed by atoms with Crippen LogP contribution in [0.5, 0.6) is 5.75 Å². The van der Waals surface area contributed by atoms with E-state index in [4.69, 9.17) is 9.57 Å². The summed E-state index contributed by atoms with van der Waals surface area (Å²) in [5, 5.41) is 7.64. The number of ether oxygens (including phenoxy) is 1. The molecule has 0 aliphatic carbocycles. The Morgan fingerprint density at radius 1 is 1.14 bits per heavy atom. The van der Waals surface area contributed by atoms with Crippen molar-refractivity contribution in [1.82, 2.24) is 14.9 Å². The summed E-state index contributed by atoms with van der Waals surface area (Å²) in [5.41, 5.74) is 2.18. The van der Waals surface area contributed by atoms with Crippen molar-refractivity contribution < 1.29 is 23.1 Å². The van der Waals surface area contributed by atoms with Gasteiger partial charge in [-0.1, -0.05) is 18.7 Å². The Morgan fingerprint density at radius 2 is 1.93 bits per heavy atom. The maximum Gasteiger partial charge on any atom is 0.247 e. The van der Waals surface area contributed by atoms with Gasteiger partial charge in [-0.3, -0.25) is 14.5 Å². The van der Waals surface area contributed by atoms with E-state index < -0.39 is 17.7 Å². The summed E-state index contributed by atoms with van der Waals surface area (Å²) >= 11 is 0. The number of amides is 1. The lowest BCUT2D eigenvalue weighted by atomic mass is 10.0. The quantitative estimate of drug-likeness (QED) is 0.338. The standard InChI is InChI=1S/C30H35F2N7O3/c1-5-29(40)36-22-15-23(26(41-4)16-25(22)38-12-10-37(11-13-38)19(2)3)35-27-17-28(34-18-33-27)39-24(9-14-42-39)20-7-6-8-21(31)30(20)32/h5-8,15-19,24H,1,9-14H2,2-4H3,(H,36,40)(H,33,34,35)/t24-/m1/s1. The van der Waals surface area contributed by atoms with Crippen LogP contribution < -0.4 is 25.3 Å². The number of nitrogens with one attached hydrogen (secondary N) is 2. The van der Waals surface area contributed by atoms with E-state index in [9.17, 15) is 13.6 Å². The smallest absolute Gasteiger partial charge is 0.247 e. The van der Waals surface area contributed by atoms with Gasteiger partial charge in [-0.2, -0.15) is 0 Å². The van der Waals surface area contributed by atoms with Crippen molar-refractivity contribution in [1.29, 1.82) is 0 Å². The van der Waals surface area contributed by atoms with Crippen LogP contribution in [0.3, 0.4) is 0 Å². The van der Waals surface area contributed by atoms with E-state index in [0.717, 1.165) is 37.9 Å². The van der Waals surface area contributed by atoms with E-state index in [1.54, 1.807) is 25.3 Å². The van der Waals surface area contributed by atoms with Gasteiger partial charge in [0.2, 0.25) is 5.91 Å². The number of hydrogen-bond acceptors (Lipinski definition) is 9. The van der Waals surface area contributed by atoms with Crippen LogP contribution in [-0.4, -0.2) is 66.7 Å². The third kappa shape index (κ3) is 6.14. The number of rotatable bonds is 9. The van der Waals surface area contributed by atoms with Crippen molar-refractivity contribution in [2.75, 3.05) is 60.5 Å². The Hall–Kier alpha value is -4.29. The van der Waals surface area contributed by atoms with Gasteiger partial charge in [0.15, 0.2) is 17.5 Å². The van der Waals surface area contributed by atoms with Crippen molar-refractivity contribution in [3.05, 3.63) is 72.6 Å². The second-order valence-electron chi connectivity index (χ2n) is 10.4. The summed E-state index contributed by atoms with van der Waals surface area (Å²) in [5.74, 6) is -0.829. The Bertz CT molecular complexity index is 1450. The van der Waals surface area contributed by atoms with E-state index in [2.05, 4.69) is 50.8 Å². The molecule has 3 aromatic rings. The van der Waals surface area contributed by atoms with Gasteiger partial charge < -0.3 is 20.3 Å². The van der Waals surface area contributed by atoms with Crippen LogP contribution in [0.2, 0.25) is 0 Å². The Kier molecular flexibility index (Phi) is 8.83. The van der Waals surface area contributed by atoms with Crippen LogP contribution >= 0.6 is 0 Å². The maximum absolute atomic E-state index is 14.6. The lowest BCUT2D eigenvalue weighted by Gasteiger charge is -2.39. The summed E-state index contributed by atoms with van der Waals surface area (Å²) < 4.78 is 34.3. The molecule has 222 valence electrons. The largest absolute Gasteiger partial charge is 0.494 e. The predicted molar refractivity (Wildman–Crippen MR) is 158 cm³/mol. The average molecular weight is 580 g/mol. The Labute approximate surface area is 243 Å². The molecule has 2 aliphatic rings. The molecule has 1 atom stereocenters. The molecule has 5 rings (SSSR count). The monoisotopic (exact) mass is 579 g/mol. The number of carbonyl (C=O) groups is 1. The van der Waals surface area contributed by atoms with Crippen LogP contribution in [0.4, 0.5) is 37.5 Å². The molecule has 0 bridgehead atoms. The predicted octanol–water partition coefficient (Wildman–Crippen LogP) is 5.04. The van der Waals surface area contributed by atoms with Gasteiger partial charge >= 0.3 is 0 Å². The number of anilines is 5. The number of halogens is 2. The molecule has 2 aromatic carbocycles. The Morgan fingerprint density at radius 3 is 2.64 bits per heavy atom. The minimum absolute atomic E-state index is 0.190. The van der Waals surface area contributed by atoms with E-state index in [1.165, 1.54) is 23.5 Å². The SMILES string of the molecule is C=CC(=O)Nc1cc(Nc2cc(N3OCC[C@@H]3c3cccc(F)c3F)ncn2)c(OC)cc1N1CCN(C(C)C)CC1. The zero-order chi connectivity index (χ0) is 29.8. The molecule has 3 heterocycles. The highest BCUT2D eigenvalue weighted by molar-refractivity contribution is 6.02. The summed E-state index contributed by atoms with van der Waals surface area (Å²) in [6.07, 6.45) is 3.04. The fourth-order valence-corrected chi connectivity index (χ4v) is 5.29. The molecule has 2 N–H and O–H groups in total. The number of benzene rings is 2. The van der Waals surface area contributed by atoms with Gasteiger partial charge in [0, 0.05) is 56.3 Å². The molecule has 10 nitrogen and oxygen atoms in total. The summed E-state index contributed by atoms with van der Waals surface area (Å²) in [6, 6.07) is 9.33. The molecule has 42 heavy (non-hydrogen) atoms. The third-order valence-electron chi connectivity index (χ3n) is 7.53. The molecule has 1 aromatic heterocycles. The van der Waals surface area contributed by atoms with Crippen LogP contribution in [0, 0.1) is 11.6 Å². The molecular weight excluding hydrogens is 544 g/mol. The van der Waals surface area contributed by atoms with Gasteiger partial charge in [-0.15, -0.1) is 0 Å². The molecule has 12 heteroatoms. The van der Waals surface area contributed by atoms with Gasteiger partial charge in [0.1, 0.15) is 17.9 Å². The first-order valence-corrected chi connectivity index (χ1v) is 13.9. The first-order valence-electron chi connectivity index (χ1n) is 13.9. The number of nitrogens with zero attached hydrogens (tertiary/aromatic N) is 5. The van der Waals surface area contributed by atoms with Crippen molar-refractivity contribution in [2.24, 2.45) is 0 Å². The minimum Gasteiger partial charge on any atom is -0.494 e. The van der Waals surface area contributed by atoms with Crippen LogP contribution in [0.25, 0.3) is 0 Å². The fraction of sp³-hybridized carbons (Fsp3) is 0.367. The van der Waals surface area contributed by atoms with E-state index in [-0.39, 0.29) is 11.5 Å². The van der Waals surface area contributed by atoms with Crippen molar-refractivity contribution in [3.8, 4) is 5.75 Å². The fourth-order valence-electron chi connectivity index (χ4n) is 5.29. The average Bonchev–Trinajstić information content (AvgIpc) is 3.49. The van der Waals surface area contributed by atoms with Crippen molar-refractivity contribution >= 4 is 34.6 Å². The highest BCUT2D eigenvalue weighted by Crippen LogP contribution is 2.40. The van der Waals surface area contributed by atoms with Crippen molar-refractivity contribution in [2.45, 2.75) is 32.4 Å². The number of aromatic nitrogens is 2. The van der Waals surface area contributed by atoms with E-state index in [0.29, 0.717) is 47.8 Å². The third-order valence-corrected chi connectivity index (χ3v) is 7.53. The first-order chi connectivity index (χ1) is 20.3. The molecule has 2 aliphatic heterocycles. The second-order valence-corrected chi connectivity index (χ2v) is 10.4. The molecule has 0 spiro atoms. The lowest BCUT2D eigenvalue weighted by Crippen LogP contribution is -2.49. The molecule has 2 fully saturated rings. The summed E-state index contributed by atoms with van der Waals surface area (Å²) in [7, 11) is 1.57. The number of methoxy groups -OCH3 is 1. The van der Waals surface area contributed by atoms with Gasteiger partial charge in [0.25, 0.3) is 0 Å². The number of hydrogen-bond donors (Lipinski definition) is 2. The zero-order valence-corrected chi connectivity index (χ0v) is 23.9. The van der Waals surface area contributed by atoms with Crippen LogP contribution in [0.1, 0.15) is 31.9 Å². The lowest BCUT2D eigenvalue weighted by molar-refractivity contribution is -0.111. The number of hydroxylamine groups is 1. The molecule has 1 amide bonds. The second kappa shape index (κ2) is 12.7. The van der Waals surface area contributed by atoms with Crippen molar-refractivity contribution in [3.63, 3.8) is 0 Å². The topological polar surface area (TPSA) is 95.1 Å². The van der Waals surface area contributed by atoms with Gasteiger partial charge in [0.05, 0.1) is 36.8 Å². The Balaban J connectivity index is 1.43. The summed E-state index contributed by atoms with van der Waals surface area (Å²) in [4.78, 5) is 31.4. The van der Waals surface area contributed by atoms with E-state index in [1.807, 2.05) is 6.07 Å².